The molecule has 0 amide bonds. The Hall–Kier alpha value is -4.07. The molecule has 2 N–H and O–H groups in total. The van der Waals surface area contributed by atoms with Crippen LogP contribution in [0.4, 0.5) is 18.9 Å². The van der Waals surface area contributed by atoms with Crippen LogP contribution in [0, 0.1) is 6.92 Å². The number of hydrogen-bond donors (Lipinski definition) is 2. The van der Waals surface area contributed by atoms with Gasteiger partial charge in [0.15, 0.2) is 5.43 Å². The van der Waals surface area contributed by atoms with E-state index in [0.717, 1.165) is 17.7 Å². The summed E-state index contributed by atoms with van der Waals surface area (Å²) in [5.74, 6) is -1.12. The van der Waals surface area contributed by atoms with Crippen molar-refractivity contribution in [2.24, 2.45) is 0 Å². The molecular weight excluding hydrogens is 447 g/mol. The molecule has 0 aliphatic carbocycles. The normalized spacial score (nSPS) is 12.5. The van der Waals surface area contributed by atoms with Gasteiger partial charge in [-0.25, -0.2) is 4.79 Å². The Balaban J connectivity index is 1.82. The number of aryl methyl sites for hydroxylation is 1. The van der Waals surface area contributed by atoms with Gasteiger partial charge < -0.3 is 14.8 Å². The summed E-state index contributed by atoms with van der Waals surface area (Å²) in [5.41, 5.74) is 0.600. The minimum absolute atomic E-state index is 0.0178. The summed E-state index contributed by atoms with van der Waals surface area (Å²) < 4.78 is 45.3. The topological polar surface area (TPSA) is 79.5 Å². The standard InChI is InChI=1S/C26H20F3NO4/c1-14-10-18(15(2)30-21-9-8-17(26(27,28)29)12-19(21)25(32)33)24-20(11-14)22(31)13-23(34-24)16-6-4-3-5-7-16/h3-13,15,30H,1-2H3,(H,32,33)/t15-/m1/s1. The van der Waals surface area contributed by atoms with Crippen LogP contribution in [0.3, 0.4) is 0 Å². The van der Waals surface area contributed by atoms with Gasteiger partial charge in [-0.05, 0) is 43.7 Å². The molecule has 0 fully saturated rings. The van der Waals surface area contributed by atoms with Crippen LogP contribution < -0.4 is 10.7 Å². The number of rotatable bonds is 5. The first kappa shape index (κ1) is 23.1. The van der Waals surface area contributed by atoms with E-state index in [1.165, 1.54) is 6.07 Å². The molecule has 0 saturated carbocycles. The summed E-state index contributed by atoms with van der Waals surface area (Å²) in [6, 6.07) is 15.9. The molecule has 4 rings (SSSR count). The zero-order chi connectivity index (χ0) is 24.6. The molecule has 0 saturated heterocycles. The van der Waals surface area contributed by atoms with E-state index in [4.69, 9.17) is 4.42 Å². The second kappa shape index (κ2) is 8.70. The monoisotopic (exact) mass is 467 g/mol. The van der Waals surface area contributed by atoms with Gasteiger partial charge in [-0.3, -0.25) is 4.79 Å². The van der Waals surface area contributed by atoms with Crippen LogP contribution in [0.5, 0.6) is 0 Å². The van der Waals surface area contributed by atoms with Gasteiger partial charge in [-0.2, -0.15) is 13.2 Å². The lowest BCUT2D eigenvalue weighted by Gasteiger charge is -2.20. The smallest absolute Gasteiger partial charge is 0.416 e. The van der Waals surface area contributed by atoms with Gasteiger partial charge in [-0.15, -0.1) is 0 Å². The minimum atomic E-state index is -4.67. The molecule has 5 nitrogen and oxygen atoms in total. The summed E-state index contributed by atoms with van der Waals surface area (Å²) in [6.07, 6.45) is -4.67. The molecule has 3 aromatic carbocycles. The first-order valence-corrected chi connectivity index (χ1v) is 10.4. The summed E-state index contributed by atoms with van der Waals surface area (Å²) in [5, 5.41) is 12.8. The Morgan fingerprint density at radius 3 is 2.38 bits per heavy atom. The molecule has 0 aliphatic heterocycles. The average molecular weight is 467 g/mol. The maximum absolute atomic E-state index is 13.1. The van der Waals surface area contributed by atoms with Crippen LogP contribution in [0.15, 0.2) is 75.9 Å². The van der Waals surface area contributed by atoms with Gasteiger partial charge in [0.25, 0.3) is 0 Å². The highest BCUT2D eigenvalue weighted by atomic mass is 19.4. The van der Waals surface area contributed by atoms with E-state index in [2.05, 4.69) is 5.32 Å². The molecule has 34 heavy (non-hydrogen) atoms. The number of alkyl halides is 3. The van der Waals surface area contributed by atoms with E-state index >= 15 is 0 Å². The number of carboxylic acid groups (broad SMARTS) is 1. The molecular formula is C26H20F3NO4. The summed E-state index contributed by atoms with van der Waals surface area (Å²) in [7, 11) is 0. The molecule has 0 spiro atoms. The number of anilines is 1. The molecule has 0 bridgehead atoms. The number of nitrogens with one attached hydrogen (secondary N) is 1. The molecule has 1 heterocycles. The number of hydrogen-bond acceptors (Lipinski definition) is 4. The third-order valence-electron chi connectivity index (χ3n) is 5.48. The van der Waals surface area contributed by atoms with Gasteiger partial charge in [-0.1, -0.05) is 36.4 Å². The van der Waals surface area contributed by atoms with Gasteiger partial charge in [0.2, 0.25) is 0 Å². The summed E-state index contributed by atoms with van der Waals surface area (Å²) in [6.45, 7) is 3.52. The predicted octanol–water partition coefficient (Wildman–Crippen LogP) is 6.66. The molecule has 4 aromatic rings. The van der Waals surface area contributed by atoms with Gasteiger partial charge in [0.1, 0.15) is 11.3 Å². The largest absolute Gasteiger partial charge is 0.478 e. The van der Waals surface area contributed by atoms with Crippen LogP contribution >= 0.6 is 0 Å². The fourth-order valence-electron chi connectivity index (χ4n) is 3.84. The number of carboxylic acids is 1. The van der Waals surface area contributed by atoms with Crippen molar-refractivity contribution in [3.05, 3.63) is 99.2 Å². The number of halogens is 3. The number of aromatic carboxylic acids is 1. The highest BCUT2D eigenvalue weighted by Crippen LogP contribution is 2.34. The fraction of sp³-hybridized carbons (Fsp3) is 0.154. The first-order chi connectivity index (χ1) is 16.0. The molecule has 1 atom stereocenters. The van der Waals surface area contributed by atoms with Crippen LogP contribution in [-0.4, -0.2) is 11.1 Å². The highest BCUT2D eigenvalue weighted by molar-refractivity contribution is 5.94. The Morgan fingerprint density at radius 2 is 1.74 bits per heavy atom. The quantitative estimate of drug-likeness (QED) is 0.343. The van der Waals surface area contributed by atoms with Crippen LogP contribution in [-0.2, 0) is 6.18 Å². The lowest BCUT2D eigenvalue weighted by molar-refractivity contribution is -0.137. The number of carbonyl (C=O) groups is 1. The third kappa shape index (κ3) is 4.52. The number of benzene rings is 3. The highest BCUT2D eigenvalue weighted by Gasteiger charge is 2.32. The fourth-order valence-corrected chi connectivity index (χ4v) is 3.84. The van der Waals surface area contributed by atoms with Gasteiger partial charge >= 0.3 is 12.1 Å². The van der Waals surface area contributed by atoms with Crippen molar-refractivity contribution < 1.29 is 27.5 Å². The zero-order valence-electron chi connectivity index (χ0n) is 18.2. The van der Waals surface area contributed by atoms with Crippen molar-refractivity contribution in [1.82, 2.24) is 0 Å². The maximum Gasteiger partial charge on any atom is 0.416 e. The molecule has 0 unspecified atom stereocenters. The lowest BCUT2D eigenvalue weighted by atomic mass is 10.00. The van der Waals surface area contributed by atoms with Crippen LogP contribution in [0.25, 0.3) is 22.3 Å². The Bertz CT molecular complexity index is 1440. The minimum Gasteiger partial charge on any atom is -0.478 e. The van der Waals surface area contributed by atoms with E-state index < -0.39 is 29.3 Å². The van der Waals surface area contributed by atoms with E-state index in [1.54, 1.807) is 38.1 Å². The van der Waals surface area contributed by atoms with Gasteiger partial charge in [0.05, 0.1) is 22.6 Å². The van der Waals surface area contributed by atoms with Crippen molar-refractivity contribution in [2.75, 3.05) is 5.32 Å². The van der Waals surface area contributed by atoms with E-state index in [1.807, 2.05) is 18.2 Å². The van der Waals surface area contributed by atoms with Crippen molar-refractivity contribution in [1.29, 1.82) is 0 Å². The Labute approximate surface area is 192 Å². The molecule has 8 heteroatoms. The maximum atomic E-state index is 13.1. The molecule has 174 valence electrons. The second-order valence-corrected chi connectivity index (χ2v) is 8.00. The van der Waals surface area contributed by atoms with Crippen molar-refractivity contribution in [3.8, 4) is 11.3 Å². The molecule has 1 aromatic heterocycles. The van der Waals surface area contributed by atoms with Crippen LogP contribution in [0.2, 0.25) is 0 Å². The van der Waals surface area contributed by atoms with Crippen molar-refractivity contribution >= 4 is 22.6 Å². The zero-order valence-corrected chi connectivity index (χ0v) is 18.2. The molecule has 0 aliphatic rings. The predicted molar refractivity (Wildman–Crippen MR) is 123 cm³/mol. The van der Waals surface area contributed by atoms with E-state index in [-0.39, 0.29) is 11.1 Å². The average Bonchev–Trinajstić information content (AvgIpc) is 2.79. The lowest BCUT2D eigenvalue weighted by Crippen LogP contribution is -2.14. The summed E-state index contributed by atoms with van der Waals surface area (Å²) in [4.78, 5) is 24.5. The van der Waals surface area contributed by atoms with Crippen molar-refractivity contribution in [2.45, 2.75) is 26.1 Å². The van der Waals surface area contributed by atoms with E-state index in [9.17, 15) is 27.9 Å². The number of fused-ring (bicyclic) bond motifs is 1. The first-order valence-electron chi connectivity index (χ1n) is 10.4. The SMILES string of the molecule is Cc1cc([C@@H](C)Nc2ccc(C(F)(F)F)cc2C(=O)O)c2oc(-c3ccccc3)cc(=O)c2c1. The van der Waals surface area contributed by atoms with Gasteiger partial charge in [0, 0.05) is 22.9 Å². The Kier molecular flexibility index (Phi) is 5.91. The van der Waals surface area contributed by atoms with E-state index in [0.29, 0.717) is 33.9 Å². The second-order valence-electron chi connectivity index (χ2n) is 8.00. The van der Waals surface area contributed by atoms with Crippen LogP contribution in [0.1, 0.15) is 40.0 Å². The third-order valence-corrected chi connectivity index (χ3v) is 5.48. The van der Waals surface area contributed by atoms with Crippen molar-refractivity contribution in [3.63, 3.8) is 0 Å². The summed E-state index contributed by atoms with van der Waals surface area (Å²) >= 11 is 0. The Morgan fingerprint density at radius 1 is 1.03 bits per heavy atom. The molecule has 0 radical (unpaired) electrons.